The van der Waals surface area contributed by atoms with Crippen LogP contribution in [0, 0.1) is 6.92 Å². The van der Waals surface area contributed by atoms with Gasteiger partial charge in [0.2, 0.25) is 5.91 Å². The highest BCUT2D eigenvalue weighted by atomic mass is 32.2. The maximum Gasteiger partial charge on any atom is 0.251 e. The molecule has 1 atom stereocenters. The van der Waals surface area contributed by atoms with E-state index >= 15 is 0 Å². The molecule has 0 aliphatic carbocycles. The third-order valence-corrected chi connectivity index (χ3v) is 8.11. The topological polar surface area (TPSA) is 134 Å². The Morgan fingerprint density at radius 1 is 1.00 bits per heavy atom. The number of carbonyl (C=O) groups excluding carboxylic acids is 3. The second kappa shape index (κ2) is 11.3. The zero-order valence-corrected chi connectivity index (χ0v) is 23.2. The van der Waals surface area contributed by atoms with E-state index in [2.05, 4.69) is 10.3 Å². The van der Waals surface area contributed by atoms with E-state index in [-0.39, 0.29) is 5.91 Å². The number of nitrogens with one attached hydrogen (secondary N) is 2. The predicted molar refractivity (Wildman–Crippen MR) is 161 cm³/mol. The first-order chi connectivity index (χ1) is 19.3. The summed E-state index contributed by atoms with van der Waals surface area (Å²) in [6.45, 7) is 4.37. The minimum Gasteiger partial charge on any atom is -0.367 e. The number of thioether (sulfide) groups is 1. The third-order valence-electron chi connectivity index (χ3n) is 7.12. The largest absolute Gasteiger partial charge is 0.367 e. The molecule has 5 rings (SSSR count). The van der Waals surface area contributed by atoms with Gasteiger partial charge >= 0.3 is 0 Å². The first-order valence-electron chi connectivity index (χ1n) is 13.1. The van der Waals surface area contributed by atoms with E-state index in [0.29, 0.717) is 24.0 Å². The quantitative estimate of drug-likeness (QED) is 0.227. The van der Waals surface area contributed by atoms with Crippen LogP contribution in [0.25, 0.3) is 33.3 Å². The van der Waals surface area contributed by atoms with Gasteiger partial charge < -0.3 is 26.7 Å². The highest BCUT2D eigenvalue weighted by Gasteiger charge is 2.28. The summed E-state index contributed by atoms with van der Waals surface area (Å²) < 4.78 is 0. The van der Waals surface area contributed by atoms with Crippen molar-refractivity contribution in [2.45, 2.75) is 38.6 Å². The number of primary amides is 2. The molecule has 2 heterocycles. The number of anilines is 1. The first kappa shape index (κ1) is 27.1. The zero-order valence-electron chi connectivity index (χ0n) is 22.4. The molecule has 0 saturated heterocycles. The minimum absolute atomic E-state index is 0.00688. The van der Waals surface area contributed by atoms with Gasteiger partial charge in [-0.25, -0.2) is 0 Å². The molecule has 1 aliphatic rings. The van der Waals surface area contributed by atoms with Crippen molar-refractivity contribution in [3.63, 3.8) is 0 Å². The highest BCUT2D eigenvalue weighted by Crippen LogP contribution is 2.40. The van der Waals surface area contributed by atoms with Gasteiger partial charge in [-0.1, -0.05) is 61.2 Å². The Labute approximate surface area is 236 Å². The van der Waals surface area contributed by atoms with Crippen LogP contribution in [0.2, 0.25) is 0 Å². The molecule has 3 aromatic carbocycles. The normalized spacial score (nSPS) is 14.6. The van der Waals surface area contributed by atoms with Crippen LogP contribution in [-0.4, -0.2) is 28.1 Å². The van der Waals surface area contributed by atoms with Gasteiger partial charge in [0, 0.05) is 41.5 Å². The van der Waals surface area contributed by atoms with E-state index in [4.69, 9.17) is 11.5 Å². The number of hydrogen-bond donors (Lipinski definition) is 4. The fraction of sp³-hybridized carbons (Fsp3) is 0.194. The fourth-order valence-electron chi connectivity index (χ4n) is 5.18. The summed E-state index contributed by atoms with van der Waals surface area (Å²) >= 11 is 1.37. The Morgan fingerprint density at radius 3 is 2.52 bits per heavy atom. The van der Waals surface area contributed by atoms with Crippen molar-refractivity contribution in [1.29, 1.82) is 0 Å². The lowest BCUT2D eigenvalue weighted by molar-refractivity contribution is -0.121. The molecule has 40 heavy (non-hydrogen) atoms. The molecule has 9 heteroatoms. The lowest BCUT2D eigenvalue weighted by Gasteiger charge is -2.25. The van der Waals surface area contributed by atoms with E-state index in [0.717, 1.165) is 51.0 Å². The van der Waals surface area contributed by atoms with Gasteiger partial charge in [-0.3, -0.25) is 14.4 Å². The average Bonchev–Trinajstić information content (AvgIpc) is 3.60. The van der Waals surface area contributed by atoms with Crippen LogP contribution in [-0.2, 0) is 16.1 Å². The van der Waals surface area contributed by atoms with Crippen molar-refractivity contribution in [3.05, 3.63) is 89.0 Å². The van der Waals surface area contributed by atoms with Crippen molar-refractivity contribution in [2.24, 2.45) is 11.5 Å². The van der Waals surface area contributed by atoms with Crippen LogP contribution < -0.4 is 21.7 Å². The monoisotopic (exact) mass is 553 g/mol. The average molecular weight is 554 g/mol. The van der Waals surface area contributed by atoms with Crippen LogP contribution in [0.15, 0.2) is 72.3 Å². The zero-order chi connectivity index (χ0) is 28.4. The van der Waals surface area contributed by atoms with Crippen molar-refractivity contribution >= 4 is 46.1 Å². The van der Waals surface area contributed by atoms with Crippen molar-refractivity contribution in [3.8, 4) is 22.4 Å². The summed E-state index contributed by atoms with van der Waals surface area (Å²) in [5.74, 6) is -0.931. The Morgan fingerprint density at radius 2 is 1.77 bits per heavy atom. The summed E-state index contributed by atoms with van der Waals surface area (Å²) in [5, 5.41) is 5.18. The molecule has 8 nitrogen and oxygen atoms in total. The van der Waals surface area contributed by atoms with Crippen molar-refractivity contribution in [2.75, 3.05) is 4.90 Å². The number of carbonyl (C=O) groups is 3. The number of aromatic amines is 1. The second-order valence-electron chi connectivity index (χ2n) is 9.71. The molecule has 4 aromatic rings. The molecule has 0 saturated carbocycles. The summed E-state index contributed by atoms with van der Waals surface area (Å²) in [6, 6.07) is 19.4. The van der Waals surface area contributed by atoms with E-state index in [1.165, 1.54) is 11.8 Å². The molecule has 3 amide bonds. The van der Waals surface area contributed by atoms with E-state index in [1.54, 1.807) is 6.07 Å². The van der Waals surface area contributed by atoms with Crippen LogP contribution >= 0.6 is 11.8 Å². The van der Waals surface area contributed by atoms with E-state index in [9.17, 15) is 14.4 Å². The number of rotatable bonds is 9. The maximum absolute atomic E-state index is 12.4. The molecule has 1 aliphatic heterocycles. The lowest BCUT2D eigenvalue weighted by atomic mass is 9.94. The minimum atomic E-state index is -0.529. The molecule has 6 N–H and O–H groups in total. The Balaban J connectivity index is 1.63. The van der Waals surface area contributed by atoms with E-state index < -0.39 is 17.2 Å². The number of amides is 3. The Bertz CT molecular complexity index is 1660. The summed E-state index contributed by atoms with van der Waals surface area (Å²) in [4.78, 5) is 41.9. The lowest BCUT2D eigenvalue weighted by Crippen LogP contribution is -2.37. The SMILES string of the molecule is CCCC(=O)NCc1ccccc1-c1cc2c(-c3cccc(N4C=CSC4C(N)=O)c3C)ccc(C(N)=O)c2[nH]1. The molecule has 1 unspecified atom stereocenters. The number of benzene rings is 3. The third kappa shape index (κ3) is 5.08. The number of fused-ring (bicyclic) bond motifs is 1. The Kier molecular flexibility index (Phi) is 7.66. The van der Waals surface area contributed by atoms with Gasteiger partial charge in [-0.2, -0.15) is 0 Å². The van der Waals surface area contributed by atoms with Crippen LogP contribution in [0.1, 0.15) is 41.3 Å². The fourth-order valence-corrected chi connectivity index (χ4v) is 5.97. The number of hydrogen-bond acceptors (Lipinski definition) is 5. The number of aromatic nitrogens is 1. The standard InChI is InChI=1S/C31H31N5O3S/c1-3-7-27(37)34-17-19-8-4-5-9-21(19)25-16-24-22(12-13-23(29(32)38)28(24)35-25)20-10-6-11-26(18(20)2)36-14-15-40-31(36)30(33)39/h4-6,8-16,31,35H,3,7,17H2,1-2H3,(H2,32,38)(H2,33,39)(H,34,37). The first-order valence-corrected chi connectivity index (χ1v) is 14.0. The van der Waals surface area contributed by atoms with Gasteiger partial charge in [0.05, 0.1) is 11.1 Å². The highest BCUT2D eigenvalue weighted by molar-refractivity contribution is 8.03. The van der Waals surface area contributed by atoms with E-state index in [1.807, 2.05) is 85.0 Å². The second-order valence-corrected chi connectivity index (χ2v) is 10.7. The van der Waals surface area contributed by atoms with Crippen molar-refractivity contribution < 1.29 is 14.4 Å². The molecule has 1 aromatic heterocycles. The Hall–Kier alpha value is -4.50. The van der Waals surface area contributed by atoms with Gasteiger partial charge in [0.1, 0.15) is 0 Å². The van der Waals surface area contributed by atoms with Gasteiger partial charge in [-0.15, -0.1) is 0 Å². The number of nitrogens with zero attached hydrogens (tertiary/aromatic N) is 1. The molecule has 0 spiro atoms. The number of H-pyrrole nitrogens is 1. The summed E-state index contributed by atoms with van der Waals surface area (Å²) in [7, 11) is 0. The summed E-state index contributed by atoms with van der Waals surface area (Å²) in [5.41, 5.74) is 18.9. The van der Waals surface area contributed by atoms with Crippen LogP contribution in [0.4, 0.5) is 5.69 Å². The van der Waals surface area contributed by atoms with Crippen LogP contribution in [0.3, 0.4) is 0 Å². The predicted octanol–water partition coefficient (Wildman–Crippen LogP) is 5.16. The van der Waals surface area contributed by atoms with Crippen molar-refractivity contribution in [1.82, 2.24) is 10.3 Å². The molecule has 0 fully saturated rings. The van der Waals surface area contributed by atoms with Gasteiger partial charge in [0.25, 0.3) is 11.8 Å². The van der Waals surface area contributed by atoms with Gasteiger partial charge in [0.15, 0.2) is 5.37 Å². The molecular weight excluding hydrogens is 522 g/mol. The van der Waals surface area contributed by atoms with Crippen LogP contribution in [0.5, 0.6) is 0 Å². The van der Waals surface area contributed by atoms with Gasteiger partial charge in [-0.05, 0) is 59.2 Å². The summed E-state index contributed by atoms with van der Waals surface area (Å²) in [6.07, 6.45) is 3.12. The molecule has 0 radical (unpaired) electrons. The smallest absolute Gasteiger partial charge is 0.251 e. The molecular formula is C31H31N5O3S. The molecule has 204 valence electrons. The maximum atomic E-state index is 12.4. The number of nitrogens with two attached hydrogens (primary N) is 2. The molecule has 0 bridgehead atoms.